The number of nitrogens with one attached hydrogen (secondary N) is 1. The third-order valence-corrected chi connectivity index (χ3v) is 5.39. The third kappa shape index (κ3) is 3.21. The summed E-state index contributed by atoms with van der Waals surface area (Å²) in [5.41, 5.74) is 4.08. The van der Waals surface area contributed by atoms with Gasteiger partial charge in [0.25, 0.3) is 5.91 Å². The fraction of sp³-hybridized carbons (Fsp3) is 0.381. The zero-order chi connectivity index (χ0) is 19.0. The van der Waals surface area contributed by atoms with Gasteiger partial charge in [0.15, 0.2) is 5.65 Å². The summed E-state index contributed by atoms with van der Waals surface area (Å²) in [6, 6.07) is 12.3. The molecule has 1 aromatic carbocycles. The molecule has 0 radical (unpaired) electrons. The van der Waals surface area contributed by atoms with Gasteiger partial charge in [0.05, 0.1) is 22.3 Å². The second kappa shape index (κ2) is 7.12. The van der Waals surface area contributed by atoms with Crippen LogP contribution in [0.2, 0.25) is 0 Å². The maximum absolute atomic E-state index is 13.5. The summed E-state index contributed by atoms with van der Waals surface area (Å²) in [4.78, 5) is 20.2. The molecule has 1 atom stereocenters. The highest BCUT2D eigenvalue weighted by Crippen LogP contribution is 2.28. The average Bonchev–Trinajstić information content (AvgIpc) is 3.01. The van der Waals surface area contributed by atoms with Crippen molar-refractivity contribution in [3.8, 4) is 11.3 Å². The number of piperidine rings is 1. The molecule has 3 aromatic rings. The summed E-state index contributed by atoms with van der Waals surface area (Å²) in [6.45, 7) is 3.47. The Labute approximate surface area is 159 Å². The van der Waals surface area contributed by atoms with Crippen LogP contribution < -0.4 is 5.32 Å². The molecule has 140 valence electrons. The Morgan fingerprint density at radius 2 is 2.04 bits per heavy atom. The van der Waals surface area contributed by atoms with Crippen LogP contribution in [0.25, 0.3) is 22.3 Å². The molecule has 6 heteroatoms. The molecule has 27 heavy (non-hydrogen) atoms. The van der Waals surface area contributed by atoms with Gasteiger partial charge < -0.3 is 10.2 Å². The van der Waals surface area contributed by atoms with Gasteiger partial charge >= 0.3 is 0 Å². The number of carbonyl (C=O) groups is 1. The molecule has 1 aliphatic rings. The number of hydrogen-bond donors (Lipinski definition) is 1. The molecule has 4 rings (SSSR count). The zero-order valence-electron chi connectivity index (χ0n) is 16.1. The Morgan fingerprint density at radius 1 is 1.26 bits per heavy atom. The molecule has 6 nitrogen and oxygen atoms in total. The fourth-order valence-electron chi connectivity index (χ4n) is 3.94. The van der Waals surface area contributed by atoms with Crippen molar-refractivity contribution in [3.05, 3.63) is 47.7 Å². The normalized spacial score (nSPS) is 17.4. The first-order valence-corrected chi connectivity index (χ1v) is 9.45. The summed E-state index contributed by atoms with van der Waals surface area (Å²) in [5.74, 6) is 0.0654. The first-order valence-electron chi connectivity index (χ1n) is 9.45. The van der Waals surface area contributed by atoms with E-state index in [0.29, 0.717) is 11.6 Å². The number of likely N-dealkylation sites (N-methyl/N-ethyl adjacent to an activating group) is 1. The molecule has 1 amide bonds. The molecule has 1 aliphatic heterocycles. The molecule has 3 heterocycles. The first-order chi connectivity index (χ1) is 13.1. The van der Waals surface area contributed by atoms with E-state index in [2.05, 4.69) is 10.4 Å². The lowest BCUT2D eigenvalue weighted by Gasteiger charge is -2.32. The van der Waals surface area contributed by atoms with Gasteiger partial charge in [-0.3, -0.25) is 9.48 Å². The number of carbonyl (C=O) groups excluding carboxylic acids is 1. The van der Waals surface area contributed by atoms with Crippen molar-refractivity contribution in [1.82, 2.24) is 25.0 Å². The molecule has 0 saturated carbocycles. The van der Waals surface area contributed by atoms with Crippen LogP contribution in [0, 0.1) is 6.92 Å². The molecule has 1 fully saturated rings. The minimum atomic E-state index is 0.0654. The number of nitrogens with zero attached hydrogens (tertiary/aromatic N) is 4. The topological polar surface area (TPSA) is 63.1 Å². The Kier molecular flexibility index (Phi) is 4.66. The number of likely N-dealkylation sites (tertiary alicyclic amines) is 1. The van der Waals surface area contributed by atoms with E-state index >= 15 is 0 Å². The minimum Gasteiger partial charge on any atom is -0.337 e. The average molecular weight is 363 g/mol. The Bertz CT molecular complexity index is 979. The summed E-state index contributed by atoms with van der Waals surface area (Å²) >= 11 is 0. The number of aryl methyl sites for hydroxylation is 2. The summed E-state index contributed by atoms with van der Waals surface area (Å²) < 4.78 is 1.76. The van der Waals surface area contributed by atoms with E-state index < -0.39 is 0 Å². The van der Waals surface area contributed by atoms with Gasteiger partial charge in [-0.2, -0.15) is 5.10 Å². The molecule has 0 bridgehead atoms. The summed E-state index contributed by atoms with van der Waals surface area (Å²) in [6.07, 6.45) is 2.12. The highest BCUT2D eigenvalue weighted by molar-refractivity contribution is 6.07. The number of aromatic nitrogens is 3. The summed E-state index contributed by atoms with van der Waals surface area (Å²) in [7, 11) is 3.84. The van der Waals surface area contributed by atoms with Crippen LogP contribution in [0.5, 0.6) is 0 Å². The number of pyridine rings is 1. The van der Waals surface area contributed by atoms with Gasteiger partial charge in [0.1, 0.15) is 0 Å². The lowest BCUT2D eigenvalue weighted by molar-refractivity contribution is 0.0700. The Balaban J connectivity index is 1.84. The number of amides is 1. The molecule has 0 spiro atoms. The molecule has 1 N–H and O–H groups in total. The van der Waals surface area contributed by atoms with E-state index in [9.17, 15) is 4.79 Å². The predicted octanol–water partition coefficient (Wildman–Crippen LogP) is 2.77. The van der Waals surface area contributed by atoms with Crippen LogP contribution in [-0.2, 0) is 7.05 Å². The van der Waals surface area contributed by atoms with Crippen LogP contribution in [-0.4, -0.2) is 51.8 Å². The van der Waals surface area contributed by atoms with Gasteiger partial charge in [0.2, 0.25) is 0 Å². The zero-order valence-corrected chi connectivity index (χ0v) is 16.1. The van der Waals surface area contributed by atoms with Gasteiger partial charge in [-0.25, -0.2) is 4.98 Å². The minimum absolute atomic E-state index is 0.0654. The van der Waals surface area contributed by atoms with E-state index in [1.54, 1.807) is 4.68 Å². The van der Waals surface area contributed by atoms with Crippen molar-refractivity contribution in [2.45, 2.75) is 25.8 Å². The van der Waals surface area contributed by atoms with Crippen molar-refractivity contribution in [2.75, 3.05) is 20.1 Å². The van der Waals surface area contributed by atoms with Gasteiger partial charge in [-0.15, -0.1) is 0 Å². The van der Waals surface area contributed by atoms with Crippen LogP contribution in [0.1, 0.15) is 28.9 Å². The third-order valence-electron chi connectivity index (χ3n) is 5.39. The maximum Gasteiger partial charge on any atom is 0.254 e. The number of fused-ring (bicyclic) bond motifs is 1. The molecule has 2 aromatic heterocycles. The van der Waals surface area contributed by atoms with E-state index in [0.717, 1.165) is 53.9 Å². The predicted molar refractivity (Wildman–Crippen MR) is 107 cm³/mol. The molecular weight excluding hydrogens is 338 g/mol. The van der Waals surface area contributed by atoms with Crippen molar-refractivity contribution >= 4 is 16.9 Å². The monoisotopic (exact) mass is 363 g/mol. The van der Waals surface area contributed by atoms with Crippen LogP contribution in [0.4, 0.5) is 0 Å². The van der Waals surface area contributed by atoms with E-state index in [1.807, 2.05) is 62.3 Å². The highest BCUT2D eigenvalue weighted by Gasteiger charge is 2.27. The SMILES string of the molecule is CNC1CCCN(C(=O)c2cc(-c3ccccc3)nc3c2c(C)nn3C)C1. The smallest absolute Gasteiger partial charge is 0.254 e. The lowest BCUT2D eigenvalue weighted by atomic mass is 10.0. The number of rotatable bonds is 3. The second-order valence-electron chi connectivity index (χ2n) is 7.21. The molecular formula is C21H25N5O. The van der Waals surface area contributed by atoms with Gasteiger partial charge in [-0.1, -0.05) is 30.3 Å². The summed E-state index contributed by atoms with van der Waals surface area (Å²) in [5, 5.41) is 8.68. The molecule has 0 aliphatic carbocycles. The highest BCUT2D eigenvalue weighted by atomic mass is 16.2. The van der Waals surface area contributed by atoms with Crippen molar-refractivity contribution in [2.24, 2.45) is 7.05 Å². The first kappa shape index (κ1) is 17.7. The van der Waals surface area contributed by atoms with E-state index in [1.165, 1.54) is 0 Å². The molecule has 1 saturated heterocycles. The van der Waals surface area contributed by atoms with E-state index in [-0.39, 0.29) is 5.91 Å². The largest absolute Gasteiger partial charge is 0.337 e. The van der Waals surface area contributed by atoms with Crippen LogP contribution in [0.3, 0.4) is 0 Å². The van der Waals surface area contributed by atoms with Gasteiger partial charge in [-0.05, 0) is 32.9 Å². The second-order valence-corrected chi connectivity index (χ2v) is 7.21. The van der Waals surface area contributed by atoms with Crippen molar-refractivity contribution < 1.29 is 4.79 Å². The lowest BCUT2D eigenvalue weighted by Crippen LogP contribution is -2.47. The number of benzene rings is 1. The van der Waals surface area contributed by atoms with Gasteiger partial charge in [0, 0.05) is 31.7 Å². The Hall–Kier alpha value is -2.73. The van der Waals surface area contributed by atoms with Crippen molar-refractivity contribution in [3.63, 3.8) is 0 Å². The molecule has 1 unspecified atom stereocenters. The fourth-order valence-corrected chi connectivity index (χ4v) is 3.94. The van der Waals surface area contributed by atoms with Crippen molar-refractivity contribution in [1.29, 1.82) is 0 Å². The van der Waals surface area contributed by atoms with E-state index in [4.69, 9.17) is 4.98 Å². The Morgan fingerprint density at radius 3 is 2.78 bits per heavy atom. The van der Waals surface area contributed by atoms with Crippen LogP contribution in [0.15, 0.2) is 36.4 Å². The number of hydrogen-bond acceptors (Lipinski definition) is 4. The van der Waals surface area contributed by atoms with Crippen LogP contribution >= 0.6 is 0 Å². The maximum atomic E-state index is 13.5. The standard InChI is InChI=1S/C21H25N5O/c1-14-19-17(21(27)26-11-7-10-16(13-26)22-2)12-18(15-8-5-4-6-9-15)23-20(19)25(3)24-14/h4-6,8-9,12,16,22H,7,10-11,13H2,1-3H3. The quantitative estimate of drug-likeness (QED) is 0.777.